The Hall–Kier alpha value is -1.85. The molecule has 0 spiro atoms. The first-order valence-electron chi connectivity index (χ1n) is 6.43. The number of hydrogen-bond donors (Lipinski definition) is 2. The first-order chi connectivity index (χ1) is 9.65. The van der Waals surface area contributed by atoms with Crippen LogP contribution in [0.3, 0.4) is 0 Å². The summed E-state index contributed by atoms with van der Waals surface area (Å²) < 4.78 is 24.0. The molecular formula is C15H18FNO3. The molecule has 1 heterocycles. The van der Waals surface area contributed by atoms with E-state index in [9.17, 15) is 9.50 Å². The number of benzene rings is 1. The van der Waals surface area contributed by atoms with Crippen LogP contribution >= 0.6 is 0 Å². The van der Waals surface area contributed by atoms with Crippen molar-refractivity contribution in [3.63, 3.8) is 0 Å². The van der Waals surface area contributed by atoms with Crippen LogP contribution in [0.25, 0.3) is 0 Å². The van der Waals surface area contributed by atoms with Crippen LogP contribution in [0, 0.1) is 12.7 Å². The quantitative estimate of drug-likeness (QED) is 0.818. The van der Waals surface area contributed by atoms with E-state index in [1.807, 2.05) is 13.0 Å². The Labute approximate surface area is 117 Å². The van der Waals surface area contributed by atoms with Crippen molar-refractivity contribution in [2.45, 2.75) is 19.6 Å². The average Bonchev–Trinajstić information content (AvgIpc) is 2.91. The number of nitrogens with one attached hydrogen (secondary N) is 1. The van der Waals surface area contributed by atoms with Crippen molar-refractivity contribution in [3.8, 4) is 0 Å². The van der Waals surface area contributed by atoms with Gasteiger partial charge in [0.05, 0.1) is 24.7 Å². The van der Waals surface area contributed by atoms with E-state index in [4.69, 9.17) is 9.15 Å². The van der Waals surface area contributed by atoms with Crippen LogP contribution in [0.15, 0.2) is 41.0 Å². The molecule has 0 aliphatic heterocycles. The summed E-state index contributed by atoms with van der Waals surface area (Å²) in [5, 5.41) is 12.6. The number of aliphatic hydroxyl groups excluding tert-OH is 1. The molecule has 0 radical (unpaired) electrons. The third-order valence-electron chi connectivity index (χ3n) is 2.79. The second-order valence-electron chi connectivity index (χ2n) is 4.61. The highest BCUT2D eigenvalue weighted by molar-refractivity contribution is 5.46. The molecule has 1 aromatic carbocycles. The van der Waals surface area contributed by atoms with E-state index in [0.717, 1.165) is 5.56 Å². The molecule has 1 unspecified atom stereocenters. The Morgan fingerprint density at radius 2 is 2.25 bits per heavy atom. The van der Waals surface area contributed by atoms with Crippen LogP contribution in [-0.2, 0) is 11.3 Å². The molecule has 0 aliphatic carbocycles. The van der Waals surface area contributed by atoms with Gasteiger partial charge in [0.1, 0.15) is 18.2 Å². The lowest BCUT2D eigenvalue weighted by Crippen LogP contribution is -2.25. The smallest absolute Gasteiger partial charge is 0.146 e. The normalized spacial score (nSPS) is 12.3. The van der Waals surface area contributed by atoms with Gasteiger partial charge in [-0.1, -0.05) is 6.07 Å². The van der Waals surface area contributed by atoms with Gasteiger partial charge in [0, 0.05) is 6.54 Å². The molecule has 0 bridgehead atoms. The number of aliphatic hydroxyl groups is 1. The van der Waals surface area contributed by atoms with E-state index >= 15 is 0 Å². The van der Waals surface area contributed by atoms with Crippen LogP contribution in [0.4, 0.5) is 10.1 Å². The Bertz CT molecular complexity index is 528. The van der Waals surface area contributed by atoms with Gasteiger partial charge in [-0.25, -0.2) is 4.39 Å². The summed E-state index contributed by atoms with van der Waals surface area (Å²) in [6.07, 6.45) is 0.849. The lowest BCUT2D eigenvalue weighted by atomic mass is 10.2. The van der Waals surface area contributed by atoms with Crippen molar-refractivity contribution >= 4 is 5.69 Å². The number of furan rings is 1. The van der Waals surface area contributed by atoms with Gasteiger partial charge >= 0.3 is 0 Å². The van der Waals surface area contributed by atoms with Crippen molar-refractivity contribution in [1.29, 1.82) is 0 Å². The van der Waals surface area contributed by atoms with E-state index in [-0.39, 0.29) is 19.0 Å². The largest absolute Gasteiger partial charge is 0.467 e. The maximum Gasteiger partial charge on any atom is 0.146 e. The number of aryl methyl sites for hydroxylation is 1. The molecule has 0 saturated heterocycles. The summed E-state index contributed by atoms with van der Waals surface area (Å²) in [5.74, 6) is 0.378. The predicted octanol–water partition coefficient (Wildman–Crippen LogP) is 2.72. The zero-order valence-corrected chi connectivity index (χ0v) is 11.3. The Kier molecular flexibility index (Phi) is 5.15. The van der Waals surface area contributed by atoms with E-state index in [0.29, 0.717) is 18.1 Å². The summed E-state index contributed by atoms with van der Waals surface area (Å²) in [6, 6.07) is 8.48. The molecule has 5 heteroatoms. The van der Waals surface area contributed by atoms with Crippen LogP contribution in [0.5, 0.6) is 0 Å². The first-order valence-corrected chi connectivity index (χ1v) is 6.43. The van der Waals surface area contributed by atoms with Crippen molar-refractivity contribution in [1.82, 2.24) is 0 Å². The minimum atomic E-state index is -0.717. The van der Waals surface area contributed by atoms with Crippen molar-refractivity contribution in [3.05, 3.63) is 53.7 Å². The molecule has 20 heavy (non-hydrogen) atoms. The Balaban J connectivity index is 1.70. The number of ether oxygens (including phenoxy) is 1. The highest BCUT2D eigenvalue weighted by Gasteiger charge is 2.07. The fourth-order valence-electron chi connectivity index (χ4n) is 1.74. The summed E-state index contributed by atoms with van der Waals surface area (Å²) in [5.41, 5.74) is 1.23. The fourth-order valence-corrected chi connectivity index (χ4v) is 1.74. The van der Waals surface area contributed by atoms with Gasteiger partial charge in [0.25, 0.3) is 0 Å². The van der Waals surface area contributed by atoms with Gasteiger partial charge in [0.15, 0.2) is 0 Å². The SMILES string of the molecule is Cc1ccc(NCC(O)COCc2ccco2)c(F)c1. The molecular weight excluding hydrogens is 261 g/mol. The molecule has 1 atom stereocenters. The second kappa shape index (κ2) is 7.07. The number of hydrogen-bond acceptors (Lipinski definition) is 4. The molecule has 0 aliphatic rings. The molecule has 0 saturated carbocycles. The van der Waals surface area contributed by atoms with Crippen molar-refractivity contribution in [2.75, 3.05) is 18.5 Å². The minimum Gasteiger partial charge on any atom is -0.467 e. The zero-order chi connectivity index (χ0) is 14.4. The maximum absolute atomic E-state index is 13.6. The third kappa shape index (κ3) is 4.36. The molecule has 2 aromatic rings. The van der Waals surface area contributed by atoms with Crippen LogP contribution < -0.4 is 5.32 Å². The van der Waals surface area contributed by atoms with Gasteiger partial charge in [-0.2, -0.15) is 0 Å². The summed E-state index contributed by atoms with van der Waals surface area (Å²) >= 11 is 0. The Morgan fingerprint density at radius 3 is 2.95 bits per heavy atom. The topological polar surface area (TPSA) is 54.6 Å². The van der Waals surface area contributed by atoms with Crippen LogP contribution in [0.1, 0.15) is 11.3 Å². The second-order valence-corrected chi connectivity index (χ2v) is 4.61. The minimum absolute atomic E-state index is 0.154. The van der Waals surface area contributed by atoms with Gasteiger partial charge in [-0.05, 0) is 36.8 Å². The zero-order valence-electron chi connectivity index (χ0n) is 11.3. The van der Waals surface area contributed by atoms with E-state index in [1.54, 1.807) is 24.5 Å². The summed E-state index contributed by atoms with van der Waals surface area (Å²) in [4.78, 5) is 0. The summed E-state index contributed by atoms with van der Waals surface area (Å²) in [6.45, 7) is 2.51. The number of rotatable bonds is 7. The van der Waals surface area contributed by atoms with Gasteiger partial charge in [-0.3, -0.25) is 0 Å². The first kappa shape index (κ1) is 14.6. The van der Waals surface area contributed by atoms with Gasteiger partial charge in [0.2, 0.25) is 0 Å². The molecule has 4 nitrogen and oxygen atoms in total. The van der Waals surface area contributed by atoms with E-state index in [2.05, 4.69) is 5.32 Å². The molecule has 0 amide bonds. The molecule has 0 fully saturated rings. The lowest BCUT2D eigenvalue weighted by molar-refractivity contribution is 0.0282. The molecule has 1 aromatic heterocycles. The average molecular weight is 279 g/mol. The standard InChI is InChI=1S/C15H18FNO3/c1-11-4-5-15(14(16)7-11)17-8-12(18)9-19-10-13-3-2-6-20-13/h2-7,12,17-18H,8-10H2,1H3. The van der Waals surface area contributed by atoms with Gasteiger partial charge < -0.3 is 19.6 Å². The molecule has 2 N–H and O–H groups in total. The highest BCUT2D eigenvalue weighted by Crippen LogP contribution is 2.15. The molecule has 2 rings (SSSR count). The van der Waals surface area contributed by atoms with E-state index in [1.165, 1.54) is 6.07 Å². The number of halogens is 1. The van der Waals surface area contributed by atoms with E-state index < -0.39 is 6.10 Å². The fraction of sp³-hybridized carbons (Fsp3) is 0.333. The lowest BCUT2D eigenvalue weighted by Gasteiger charge is -2.13. The molecule has 108 valence electrons. The van der Waals surface area contributed by atoms with Gasteiger partial charge in [-0.15, -0.1) is 0 Å². The van der Waals surface area contributed by atoms with Crippen LogP contribution in [-0.4, -0.2) is 24.4 Å². The monoisotopic (exact) mass is 279 g/mol. The predicted molar refractivity (Wildman–Crippen MR) is 74.0 cm³/mol. The number of anilines is 1. The Morgan fingerprint density at radius 1 is 1.40 bits per heavy atom. The summed E-state index contributed by atoms with van der Waals surface area (Å²) in [7, 11) is 0. The third-order valence-corrected chi connectivity index (χ3v) is 2.79. The van der Waals surface area contributed by atoms with Crippen molar-refractivity contribution in [2.24, 2.45) is 0 Å². The van der Waals surface area contributed by atoms with Crippen LogP contribution in [0.2, 0.25) is 0 Å². The van der Waals surface area contributed by atoms with Crippen molar-refractivity contribution < 1.29 is 18.7 Å². The maximum atomic E-state index is 13.6. The highest BCUT2D eigenvalue weighted by atomic mass is 19.1.